The van der Waals surface area contributed by atoms with E-state index in [1.807, 2.05) is 18.2 Å². The van der Waals surface area contributed by atoms with Crippen LogP contribution in [0.25, 0.3) is 11.0 Å². The smallest absolute Gasteiger partial charge is 0.152 e. The fourth-order valence-corrected chi connectivity index (χ4v) is 2.02. The van der Waals surface area contributed by atoms with Gasteiger partial charge in [-0.05, 0) is 29.5 Å². The Morgan fingerprint density at radius 3 is 2.65 bits per heavy atom. The van der Waals surface area contributed by atoms with Gasteiger partial charge in [0.25, 0.3) is 0 Å². The number of rotatable bonds is 2. The first-order valence-electron chi connectivity index (χ1n) is 5.80. The second kappa shape index (κ2) is 4.35. The first kappa shape index (κ1) is 12.5. The summed E-state index contributed by atoms with van der Waals surface area (Å²) in [5, 5.41) is 1.72. The molecule has 0 aliphatic heterocycles. The summed E-state index contributed by atoms with van der Waals surface area (Å²) in [4.78, 5) is 0. The molecule has 1 atom stereocenters. The summed E-state index contributed by atoms with van der Waals surface area (Å²) in [7, 11) is 0. The van der Waals surface area contributed by atoms with Gasteiger partial charge in [0.2, 0.25) is 0 Å². The number of hydrogen-bond donors (Lipinski definition) is 1. The fourth-order valence-electron chi connectivity index (χ4n) is 1.81. The van der Waals surface area contributed by atoms with Crippen molar-refractivity contribution in [3.05, 3.63) is 35.0 Å². The number of fused-ring (bicyclic) bond motifs is 1. The molecule has 2 aromatic rings. The van der Waals surface area contributed by atoms with Gasteiger partial charge in [-0.1, -0.05) is 38.4 Å². The molecule has 2 rings (SSSR count). The van der Waals surface area contributed by atoms with Crippen molar-refractivity contribution in [3.63, 3.8) is 0 Å². The van der Waals surface area contributed by atoms with Gasteiger partial charge in [0.1, 0.15) is 0 Å². The van der Waals surface area contributed by atoms with Crippen LogP contribution < -0.4 is 5.73 Å². The van der Waals surface area contributed by atoms with Gasteiger partial charge in [0, 0.05) is 11.4 Å². The molecule has 0 amide bonds. The van der Waals surface area contributed by atoms with Crippen molar-refractivity contribution in [1.82, 2.24) is 0 Å². The normalized spacial score (nSPS) is 14.2. The Morgan fingerprint density at radius 2 is 2.00 bits per heavy atom. The van der Waals surface area contributed by atoms with Crippen molar-refractivity contribution in [1.29, 1.82) is 0 Å². The lowest BCUT2D eigenvalue weighted by molar-refractivity contribution is 0.319. The van der Waals surface area contributed by atoms with E-state index in [1.165, 1.54) is 5.56 Å². The van der Waals surface area contributed by atoms with E-state index in [4.69, 9.17) is 21.8 Å². The van der Waals surface area contributed by atoms with Crippen molar-refractivity contribution >= 4 is 22.6 Å². The van der Waals surface area contributed by atoms with Gasteiger partial charge in [-0.25, -0.2) is 0 Å². The monoisotopic (exact) mass is 251 g/mol. The van der Waals surface area contributed by atoms with Crippen LogP contribution in [0.1, 0.15) is 26.3 Å². The molecule has 1 heterocycles. The number of benzene rings is 1. The molecule has 2 N–H and O–H groups in total. The van der Waals surface area contributed by atoms with E-state index in [0.29, 0.717) is 5.02 Å². The molecular weight excluding hydrogens is 234 g/mol. The molecule has 0 spiro atoms. The maximum atomic E-state index is 6.22. The Bertz CT molecular complexity index is 524. The van der Waals surface area contributed by atoms with E-state index in [0.717, 1.165) is 17.4 Å². The third-order valence-electron chi connectivity index (χ3n) is 3.21. The Balaban J connectivity index is 2.37. The zero-order valence-corrected chi connectivity index (χ0v) is 11.2. The summed E-state index contributed by atoms with van der Waals surface area (Å²) >= 11 is 6.07. The molecule has 1 aromatic carbocycles. The van der Waals surface area contributed by atoms with Crippen molar-refractivity contribution in [2.45, 2.75) is 33.2 Å². The van der Waals surface area contributed by atoms with Gasteiger partial charge in [0.05, 0.1) is 11.3 Å². The topological polar surface area (TPSA) is 39.2 Å². The highest BCUT2D eigenvalue weighted by molar-refractivity contribution is 6.34. The lowest BCUT2D eigenvalue weighted by atomic mass is 9.83. The highest BCUT2D eigenvalue weighted by Gasteiger charge is 2.22. The number of furan rings is 1. The quantitative estimate of drug-likeness (QED) is 0.876. The van der Waals surface area contributed by atoms with Crippen molar-refractivity contribution in [2.75, 3.05) is 0 Å². The summed E-state index contributed by atoms with van der Waals surface area (Å²) < 4.78 is 5.38. The standard InChI is InChI=1S/C14H18ClNO/c1-14(2,3)12(16)8-9-4-5-11(15)13-10(9)6-7-17-13/h4-7,12H,8,16H2,1-3H3. The van der Waals surface area contributed by atoms with E-state index in [9.17, 15) is 0 Å². The molecule has 92 valence electrons. The predicted molar refractivity (Wildman–Crippen MR) is 72.4 cm³/mol. The number of nitrogens with two attached hydrogens (primary N) is 1. The van der Waals surface area contributed by atoms with Crippen LogP contribution in [0, 0.1) is 5.41 Å². The van der Waals surface area contributed by atoms with Crippen LogP contribution in [-0.2, 0) is 6.42 Å². The van der Waals surface area contributed by atoms with Gasteiger partial charge in [-0.15, -0.1) is 0 Å². The van der Waals surface area contributed by atoms with E-state index >= 15 is 0 Å². The van der Waals surface area contributed by atoms with Crippen LogP contribution in [0.5, 0.6) is 0 Å². The van der Waals surface area contributed by atoms with Gasteiger partial charge < -0.3 is 10.2 Å². The summed E-state index contributed by atoms with van der Waals surface area (Å²) in [5.41, 5.74) is 8.26. The van der Waals surface area contributed by atoms with E-state index in [1.54, 1.807) is 6.26 Å². The number of hydrogen-bond acceptors (Lipinski definition) is 2. The third kappa shape index (κ3) is 2.48. The summed E-state index contributed by atoms with van der Waals surface area (Å²) in [6, 6.07) is 5.97. The summed E-state index contributed by atoms with van der Waals surface area (Å²) in [5.74, 6) is 0. The molecule has 0 aliphatic carbocycles. The molecule has 17 heavy (non-hydrogen) atoms. The second-order valence-electron chi connectivity index (χ2n) is 5.55. The first-order chi connectivity index (χ1) is 7.89. The minimum absolute atomic E-state index is 0.0930. The third-order valence-corrected chi connectivity index (χ3v) is 3.51. The number of halogens is 1. The second-order valence-corrected chi connectivity index (χ2v) is 5.95. The first-order valence-corrected chi connectivity index (χ1v) is 6.17. The van der Waals surface area contributed by atoms with E-state index < -0.39 is 0 Å². The zero-order chi connectivity index (χ0) is 12.6. The lowest BCUT2D eigenvalue weighted by Gasteiger charge is -2.27. The average molecular weight is 252 g/mol. The summed E-state index contributed by atoms with van der Waals surface area (Å²) in [6.07, 6.45) is 2.50. The highest BCUT2D eigenvalue weighted by atomic mass is 35.5. The van der Waals surface area contributed by atoms with Gasteiger partial charge in [-0.2, -0.15) is 0 Å². The minimum atomic E-state index is 0.0930. The van der Waals surface area contributed by atoms with E-state index in [2.05, 4.69) is 20.8 Å². The molecule has 0 saturated heterocycles. The van der Waals surface area contributed by atoms with Crippen LogP contribution in [0.15, 0.2) is 28.9 Å². The van der Waals surface area contributed by atoms with Crippen LogP contribution in [-0.4, -0.2) is 6.04 Å². The molecule has 2 nitrogen and oxygen atoms in total. The van der Waals surface area contributed by atoms with Crippen molar-refractivity contribution in [2.24, 2.45) is 11.1 Å². The maximum Gasteiger partial charge on any atom is 0.152 e. The lowest BCUT2D eigenvalue weighted by Crippen LogP contribution is -2.36. The Kier molecular flexibility index (Phi) is 3.19. The Labute approximate surface area is 107 Å². The molecule has 1 aromatic heterocycles. The van der Waals surface area contributed by atoms with Gasteiger partial charge in [0.15, 0.2) is 5.58 Å². The molecule has 1 unspecified atom stereocenters. The Hall–Kier alpha value is -0.990. The molecule has 0 aliphatic rings. The molecule has 0 bridgehead atoms. The molecule has 0 saturated carbocycles. The minimum Gasteiger partial charge on any atom is -0.463 e. The van der Waals surface area contributed by atoms with Crippen LogP contribution in [0.3, 0.4) is 0 Å². The summed E-state index contributed by atoms with van der Waals surface area (Å²) in [6.45, 7) is 6.46. The van der Waals surface area contributed by atoms with Crippen molar-refractivity contribution < 1.29 is 4.42 Å². The predicted octanol–water partition coefficient (Wildman–Crippen LogP) is 4.00. The van der Waals surface area contributed by atoms with Gasteiger partial charge in [-0.3, -0.25) is 0 Å². The average Bonchev–Trinajstić information content (AvgIpc) is 2.70. The fraction of sp³-hybridized carbons (Fsp3) is 0.429. The van der Waals surface area contributed by atoms with Crippen LogP contribution in [0.4, 0.5) is 0 Å². The Morgan fingerprint density at radius 1 is 1.29 bits per heavy atom. The maximum absolute atomic E-state index is 6.22. The van der Waals surface area contributed by atoms with Crippen molar-refractivity contribution in [3.8, 4) is 0 Å². The van der Waals surface area contributed by atoms with Crippen LogP contribution in [0.2, 0.25) is 5.02 Å². The molecular formula is C14H18ClNO. The van der Waals surface area contributed by atoms with E-state index in [-0.39, 0.29) is 11.5 Å². The largest absolute Gasteiger partial charge is 0.463 e. The molecule has 0 radical (unpaired) electrons. The molecule has 3 heteroatoms. The van der Waals surface area contributed by atoms with Crippen LogP contribution >= 0.6 is 11.6 Å². The van der Waals surface area contributed by atoms with Gasteiger partial charge >= 0.3 is 0 Å². The molecule has 0 fully saturated rings. The highest BCUT2D eigenvalue weighted by Crippen LogP contribution is 2.30. The zero-order valence-electron chi connectivity index (χ0n) is 10.5. The SMILES string of the molecule is CC(C)(C)C(N)Cc1ccc(Cl)c2occc12.